The molecule has 0 spiro atoms. The van der Waals surface area contributed by atoms with Crippen LogP contribution in [0.5, 0.6) is 0 Å². The third-order valence-electron chi connectivity index (χ3n) is 3.50. The molecule has 1 aliphatic carbocycles. The zero-order valence-corrected chi connectivity index (χ0v) is 10.2. The fourth-order valence-electron chi connectivity index (χ4n) is 2.25. The maximum Gasteiger partial charge on any atom is 0.358 e. The van der Waals surface area contributed by atoms with Gasteiger partial charge in [-0.25, -0.2) is 9.48 Å². The van der Waals surface area contributed by atoms with Gasteiger partial charge in [0.25, 0.3) is 0 Å². The Bertz CT molecular complexity index is 396. The molecule has 5 heteroatoms. The first-order valence-electron chi connectivity index (χ1n) is 6.38. The number of hydrogen-bond donors (Lipinski definition) is 1. The van der Waals surface area contributed by atoms with Gasteiger partial charge in [-0.1, -0.05) is 37.8 Å². The van der Waals surface area contributed by atoms with E-state index in [9.17, 15) is 4.79 Å². The van der Waals surface area contributed by atoms with E-state index >= 15 is 0 Å². The summed E-state index contributed by atoms with van der Waals surface area (Å²) in [6, 6.07) is 0. The van der Waals surface area contributed by atoms with E-state index < -0.39 is 5.97 Å². The van der Waals surface area contributed by atoms with E-state index in [4.69, 9.17) is 5.11 Å². The van der Waals surface area contributed by atoms with Crippen LogP contribution in [-0.2, 0) is 13.0 Å². The maximum absolute atomic E-state index is 11.0. The van der Waals surface area contributed by atoms with Crippen LogP contribution in [0.2, 0.25) is 0 Å². The van der Waals surface area contributed by atoms with Crippen LogP contribution in [0.1, 0.15) is 55.2 Å². The van der Waals surface area contributed by atoms with Crippen LogP contribution in [0.3, 0.4) is 0 Å². The van der Waals surface area contributed by atoms with Gasteiger partial charge in [-0.15, -0.1) is 5.10 Å². The molecule has 1 N–H and O–H groups in total. The van der Waals surface area contributed by atoms with E-state index in [1.165, 1.54) is 19.3 Å². The van der Waals surface area contributed by atoms with Gasteiger partial charge >= 0.3 is 5.97 Å². The number of carboxylic acids is 1. The lowest BCUT2D eigenvalue weighted by atomic mass is 9.83. The molecule has 0 amide bonds. The number of carbonyl (C=O) groups is 1. The molecule has 1 aliphatic rings. The first-order valence-corrected chi connectivity index (χ1v) is 6.38. The van der Waals surface area contributed by atoms with Gasteiger partial charge in [-0.3, -0.25) is 0 Å². The highest BCUT2D eigenvalue weighted by atomic mass is 16.4. The lowest BCUT2D eigenvalue weighted by molar-refractivity contribution is 0.0689. The zero-order valence-electron chi connectivity index (χ0n) is 10.2. The molecule has 0 atom stereocenters. The van der Waals surface area contributed by atoms with Crippen molar-refractivity contribution in [2.75, 3.05) is 0 Å². The Hall–Kier alpha value is -1.39. The second-order valence-electron chi connectivity index (χ2n) is 4.75. The van der Waals surface area contributed by atoms with Gasteiger partial charge < -0.3 is 5.11 Å². The lowest BCUT2D eigenvalue weighted by Gasteiger charge is -2.25. The molecule has 0 aliphatic heterocycles. The third kappa shape index (κ3) is 2.65. The molecule has 0 saturated heterocycles. The molecule has 1 fully saturated rings. The molecule has 2 rings (SSSR count). The SMILES string of the molecule is CCCc1c(C(=O)O)nnn1CCC1CCC1. The van der Waals surface area contributed by atoms with Crippen molar-refractivity contribution in [1.82, 2.24) is 15.0 Å². The van der Waals surface area contributed by atoms with Gasteiger partial charge in [0.2, 0.25) is 0 Å². The predicted octanol–water partition coefficient (Wildman–Crippen LogP) is 2.12. The van der Waals surface area contributed by atoms with Crippen molar-refractivity contribution in [3.63, 3.8) is 0 Å². The summed E-state index contributed by atoms with van der Waals surface area (Å²) in [5.74, 6) is -0.162. The minimum atomic E-state index is -0.969. The van der Waals surface area contributed by atoms with Crippen molar-refractivity contribution in [1.29, 1.82) is 0 Å². The normalized spacial score (nSPS) is 15.8. The standard InChI is InChI=1S/C12H19N3O2/c1-2-4-10-11(12(16)17)13-14-15(10)8-7-9-5-3-6-9/h9H,2-8H2,1H3,(H,16,17). The predicted molar refractivity (Wildman–Crippen MR) is 62.9 cm³/mol. The first-order chi connectivity index (χ1) is 8.22. The van der Waals surface area contributed by atoms with Crippen molar-refractivity contribution < 1.29 is 9.90 Å². The van der Waals surface area contributed by atoms with Crippen LogP contribution < -0.4 is 0 Å². The number of hydrogen-bond acceptors (Lipinski definition) is 3. The molecule has 0 unspecified atom stereocenters. The number of nitrogens with zero attached hydrogens (tertiary/aromatic N) is 3. The summed E-state index contributed by atoms with van der Waals surface area (Å²) < 4.78 is 1.78. The smallest absolute Gasteiger partial charge is 0.358 e. The largest absolute Gasteiger partial charge is 0.476 e. The second-order valence-corrected chi connectivity index (χ2v) is 4.75. The fraction of sp³-hybridized carbons (Fsp3) is 0.750. The van der Waals surface area contributed by atoms with E-state index in [0.717, 1.165) is 37.4 Å². The average Bonchev–Trinajstić information content (AvgIpc) is 2.60. The van der Waals surface area contributed by atoms with Crippen molar-refractivity contribution in [3.8, 4) is 0 Å². The van der Waals surface area contributed by atoms with Crippen LogP contribution in [0.15, 0.2) is 0 Å². The summed E-state index contributed by atoms with van der Waals surface area (Å²) in [4.78, 5) is 11.0. The van der Waals surface area contributed by atoms with Crippen molar-refractivity contribution in [3.05, 3.63) is 11.4 Å². The highest BCUT2D eigenvalue weighted by Crippen LogP contribution is 2.29. The van der Waals surface area contributed by atoms with Crippen molar-refractivity contribution >= 4 is 5.97 Å². The molecule has 1 aromatic heterocycles. The molecule has 1 heterocycles. The summed E-state index contributed by atoms with van der Waals surface area (Å²) in [7, 11) is 0. The van der Waals surface area contributed by atoms with Gasteiger partial charge in [0, 0.05) is 6.54 Å². The molecule has 0 bridgehead atoms. The monoisotopic (exact) mass is 237 g/mol. The number of carboxylic acid groups (broad SMARTS) is 1. The molecule has 5 nitrogen and oxygen atoms in total. The second kappa shape index (κ2) is 5.29. The Labute approximate surface area is 101 Å². The highest BCUT2D eigenvalue weighted by molar-refractivity contribution is 5.86. The summed E-state index contributed by atoms with van der Waals surface area (Å²) >= 11 is 0. The van der Waals surface area contributed by atoms with E-state index in [1.807, 2.05) is 6.92 Å². The molecule has 1 aromatic rings. The average molecular weight is 237 g/mol. The van der Waals surface area contributed by atoms with E-state index in [1.54, 1.807) is 4.68 Å². The fourth-order valence-corrected chi connectivity index (χ4v) is 2.25. The number of aromatic nitrogens is 3. The number of aromatic carboxylic acids is 1. The molecule has 94 valence electrons. The topological polar surface area (TPSA) is 68.0 Å². The van der Waals surface area contributed by atoms with Gasteiger partial charge in [0.15, 0.2) is 5.69 Å². The molecule has 1 saturated carbocycles. The summed E-state index contributed by atoms with van der Waals surface area (Å²) in [6.07, 6.45) is 6.70. The third-order valence-corrected chi connectivity index (χ3v) is 3.50. The lowest BCUT2D eigenvalue weighted by Crippen LogP contribution is -2.16. The quantitative estimate of drug-likeness (QED) is 0.822. The van der Waals surface area contributed by atoms with Crippen LogP contribution in [0.4, 0.5) is 0 Å². The molecule has 0 aromatic carbocycles. The summed E-state index contributed by atoms with van der Waals surface area (Å²) in [5, 5.41) is 16.8. The number of aryl methyl sites for hydroxylation is 1. The first kappa shape index (κ1) is 12.1. The summed E-state index contributed by atoms with van der Waals surface area (Å²) in [6.45, 7) is 2.84. The van der Waals surface area contributed by atoms with Crippen LogP contribution in [0.25, 0.3) is 0 Å². The molecule has 17 heavy (non-hydrogen) atoms. The molecular formula is C12H19N3O2. The van der Waals surface area contributed by atoms with Crippen molar-refractivity contribution in [2.45, 2.75) is 52.0 Å². The Kier molecular flexibility index (Phi) is 3.76. The Balaban J connectivity index is 2.05. The van der Waals surface area contributed by atoms with Crippen LogP contribution in [0, 0.1) is 5.92 Å². The zero-order chi connectivity index (χ0) is 12.3. The molecule has 0 radical (unpaired) electrons. The van der Waals surface area contributed by atoms with E-state index in [0.29, 0.717) is 0 Å². The van der Waals surface area contributed by atoms with Gasteiger partial charge in [0.1, 0.15) is 0 Å². The summed E-state index contributed by atoms with van der Waals surface area (Å²) in [5.41, 5.74) is 0.903. The van der Waals surface area contributed by atoms with Crippen LogP contribution in [-0.4, -0.2) is 26.1 Å². The van der Waals surface area contributed by atoms with Gasteiger partial charge in [-0.2, -0.15) is 0 Å². The Morgan fingerprint density at radius 2 is 2.29 bits per heavy atom. The minimum absolute atomic E-state index is 0.125. The van der Waals surface area contributed by atoms with E-state index in [2.05, 4.69) is 10.3 Å². The van der Waals surface area contributed by atoms with Gasteiger partial charge in [-0.05, 0) is 18.8 Å². The van der Waals surface area contributed by atoms with Crippen molar-refractivity contribution in [2.24, 2.45) is 5.92 Å². The molecular weight excluding hydrogens is 218 g/mol. The number of rotatable bonds is 6. The Morgan fingerprint density at radius 1 is 1.53 bits per heavy atom. The van der Waals surface area contributed by atoms with E-state index in [-0.39, 0.29) is 5.69 Å². The van der Waals surface area contributed by atoms with Crippen LogP contribution >= 0.6 is 0 Å². The van der Waals surface area contributed by atoms with Gasteiger partial charge in [0.05, 0.1) is 5.69 Å². The Morgan fingerprint density at radius 3 is 2.82 bits per heavy atom. The maximum atomic E-state index is 11.0. The highest BCUT2D eigenvalue weighted by Gasteiger charge is 2.21. The minimum Gasteiger partial charge on any atom is -0.476 e.